The van der Waals surface area contributed by atoms with Gasteiger partial charge in [0.25, 0.3) is 0 Å². The zero-order valence-electron chi connectivity index (χ0n) is 16.8. The topological polar surface area (TPSA) is 155 Å². The van der Waals surface area contributed by atoms with Gasteiger partial charge in [0.1, 0.15) is 18.8 Å². The highest BCUT2D eigenvalue weighted by Crippen LogP contribution is 2.35. The number of hydrogen-bond acceptors (Lipinski definition) is 10. The van der Waals surface area contributed by atoms with E-state index in [1.165, 1.54) is 7.11 Å². The molecule has 0 saturated carbocycles. The molecule has 0 spiro atoms. The summed E-state index contributed by atoms with van der Waals surface area (Å²) in [6.07, 6.45) is -1.79. The summed E-state index contributed by atoms with van der Waals surface area (Å²) >= 11 is 0. The molecule has 0 aromatic heterocycles. The van der Waals surface area contributed by atoms with E-state index in [1.54, 1.807) is 0 Å². The fourth-order valence-corrected chi connectivity index (χ4v) is 2.25. The fraction of sp³-hybridized carbons (Fsp3) is 0.632. The average Bonchev–Trinajstić information content (AvgIpc) is 2.63. The molecule has 0 bridgehead atoms. The molecular formula is C19H30O10. The second-order valence-electron chi connectivity index (χ2n) is 7.42. The van der Waals surface area contributed by atoms with Gasteiger partial charge in [0.15, 0.2) is 17.2 Å². The molecule has 2 atom stereocenters. The molecule has 29 heavy (non-hydrogen) atoms. The number of phenols is 3. The lowest BCUT2D eigenvalue weighted by Crippen LogP contribution is -2.31. The molecule has 0 saturated heterocycles. The third-order valence-corrected chi connectivity index (χ3v) is 3.68. The van der Waals surface area contributed by atoms with E-state index < -0.39 is 35.4 Å². The number of ether oxygens (including phenoxy) is 4. The lowest BCUT2D eigenvalue weighted by Gasteiger charge is -2.25. The van der Waals surface area contributed by atoms with Crippen LogP contribution in [0.3, 0.4) is 0 Å². The van der Waals surface area contributed by atoms with Crippen LogP contribution in [-0.2, 0) is 18.9 Å². The number of hydrogen-bond donors (Lipinski definition) is 5. The van der Waals surface area contributed by atoms with E-state index >= 15 is 0 Å². The molecule has 0 heterocycles. The third-order valence-electron chi connectivity index (χ3n) is 3.68. The van der Waals surface area contributed by atoms with Crippen molar-refractivity contribution in [2.24, 2.45) is 5.41 Å². The zero-order valence-corrected chi connectivity index (χ0v) is 16.8. The van der Waals surface area contributed by atoms with Crippen LogP contribution in [0.5, 0.6) is 17.2 Å². The second-order valence-corrected chi connectivity index (χ2v) is 7.42. The van der Waals surface area contributed by atoms with Crippen molar-refractivity contribution >= 4 is 5.97 Å². The van der Waals surface area contributed by atoms with Crippen LogP contribution >= 0.6 is 0 Å². The van der Waals surface area contributed by atoms with Crippen molar-refractivity contribution in [1.82, 2.24) is 0 Å². The summed E-state index contributed by atoms with van der Waals surface area (Å²) in [6, 6.07) is 1.87. The highest BCUT2D eigenvalue weighted by Gasteiger charge is 2.21. The molecular weight excluding hydrogens is 388 g/mol. The van der Waals surface area contributed by atoms with E-state index in [2.05, 4.69) is 0 Å². The first kappa shape index (κ1) is 24.9. The number of benzene rings is 1. The molecule has 0 aliphatic heterocycles. The van der Waals surface area contributed by atoms with Gasteiger partial charge in [0, 0.05) is 12.5 Å². The minimum Gasteiger partial charge on any atom is -0.504 e. The minimum atomic E-state index is -1.08. The van der Waals surface area contributed by atoms with E-state index in [0.29, 0.717) is 6.61 Å². The van der Waals surface area contributed by atoms with Crippen molar-refractivity contribution in [1.29, 1.82) is 0 Å². The van der Waals surface area contributed by atoms with E-state index in [0.717, 1.165) is 12.1 Å². The zero-order chi connectivity index (χ0) is 22.0. The van der Waals surface area contributed by atoms with Gasteiger partial charge in [-0.1, -0.05) is 13.8 Å². The maximum absolute atomic E-state index is 11.9. The Morgan fingerprint density at radius 2 is 1.41 bits per heavy atom. The van der Waals surface area contributed by atoms with Crippen LogP contribution in [0, 0.1) is 5.41 Å². The third kappa shape index (κ3) is 9.29. The number of methoxy groups -OCH3 is 1. The molecule has 0 radical (unpaired) electrons. The van der Waals surface area contributed by atoms with Gasteiger partial charge in [-0.2, -0.15) is 0 Å². The van der Waals surface area contributed by atoms with Crippen molar-refractivity contribution in [2.75, 3.05) is 46.8 Å². The van der Waals surface area contributed by atoms with E-state index in [9.17, 15) is 30.3 Å². The SMILES string of the molecule is COCC(O)COCC(C)(C)COCC(O)COC(=O)c1cc(O)c(O)c(O)c1. The summed E-state index contributed by atoms with van der Waals surface area (Å²) in [6.45, 7) is 4.25. The van der Waals surface area contributed by atoms with Gasteiger partial charge in [-0.25, -0.2) is 4.79 Å². The molecule has 5 N–H and O–H groups in total. The van der Waals surface area contributed by atoms with Gasteiger partial charge in [-0.3, -0.25) is 0 Å². The molecule has 1 aromatic carbocycles. The molecule has 0 aliphatic carbocycles. The smallest absolute Gasteiger partial charge is 0.338 e. The predicted molar refractivity (Wildman–Crippen MR) is 101 cm³/mol. The minimum absolute atomic E-state index is 0.0882. The number of aliphatic hydroxyl groups excluding tert-OH is 2. The molecule has 10 nitrogen and oxygen atoms in total. The Hall–Kier alpha value is -2.11. The predicted octanol–water partition coefficient (Wildman–Crippen LogP) is 0.388. The number of rotatable bonds is 13. The van der Waals surface area contributed by atoms with Crippen LogP contribution in [0.15, 0.2) is 12.1 Å². The van der Waals surface area contributed by atoms with Gasteiger partial charge in [0.05, 0.1) is 38.6 Å². The van der Waals surface area contributed by atoms with Gasteiger partial charge < -0.3 is 44.5 Å². The highest BCUT2D eigenvalue weighted by atomic mass is 16.5. The normalized spacial score (nSPS) is 13.8. The standard InChI is InChI=1S/C19H30O10/c1-19(2,10-27-7-13(20)6-26-3)11-28-8-14(21)9-29-18(25)12-4-15(22)17(24)16(23)5-12/h4-5,13-14,20-24H,6-11H2,1-3H3. The van der Waals surface area contributed by atoms with Gasteiger partial charge in [-0.15, -0.1) is 0 Å². The number of phenolic OH excluding ortho intramolecular Hbond substituents is 3. The van der Waals surface area contributed by atoms with Crippen LogP contribution in [0.25, 0.3) is 0 Å². The van der Waals surface area contributed by atoms with Crippen molar-refractivity contribution in [3.8, 4) is 17.2 Å². The first-order chi connectivity index (χ1) is 13.6. The van der Waals surface area contributed by atoms with Gasteiger partial charge >= 0.3 is 5.97 Å². The maximum atomic E-state index is 11.9. The van der Waals surface area contributed by atoms with Crippen LogP contribution in [-0.4, -0.2) is 90.5 Å². The summed E-state index contributed by atoms with van der Waals surface area (Å²) in [5, 5.41) is 47.5. The fourth-order valence-electron chi connectivity index (χ4n) is 2.25. The molecule has 166 valence electrons. The number of esters is 1. The Bertz CT molecular complexity index is 623. The van der Waals surface area contributed by atoms with Crippen molar-refractivity contribution in [2.45, 2.75) is 26.1 Å². The Kier molecular flexibility index (Phi) is 10.1. The summed E-state index contributed by atoms with van der Waals surface area (Å²) in [5.41, 5.74) is -0.551. The van der Waals surface area contributed by atoms with Crippen molar-refractivity contribution in [3.05, 3.63) is 17.7 Å². The lowest BCUT2D eigenvalue weighted by atomic mass is 9.96. The summed E-state index contributed by atoms with van der Waals surface area (Å²) < 4.78 is 20.6. The number of carbonyl (C=O) groups is 1. The molecule has 0 fully saturated rings. The summed E-state index contributed by atoms with van der Waals surface area (Å²) in [7, 11) is 1.49. The monoisotopic (exact) mass is 418 g/mol. The second kappa shape index (κ2) is 11.8. The molecule has 2 unspecified atom stereocenters. The number of carbonyl (C=O) groups excluding carboxylic acids is 1. The molecule has 0 aliphatic rings. The van der Waals surface area contributed by atoms with Crippen LogP contribution in [0.4, 0.5) is 0 Å². The van der Waals surface area contributed by atoms with E-state index in [1.807, 2.05) is 13.8 Å². The van der Waals surface area contributed by atoms with Crippen molar-refractivity contribution < 1.29 is 49.3 Å². The van der Waals surface area contributed by atoms with Crippen molar-refractivity contribution in [3.63, 3.8) is 0 Å². The van der Waals surface area contributed by atoms with Gasteiger partial charge in [0.2, 0.25) is 0 Å². The molecule has 1 aromatic rings. The molecule has 10 heteroatoms. The Labute approximate surface area is 169 Å². The Morgan fingerprint density at radius 3 is 1.90 bits per heavy atom. The number of aromatic hydroxyl groups is 3. The quantitative estimate of drug-likeness (QED) is 0.224. The summed E-state index contributed by atoms with van der Waals surface area (Å²) in [5.74, 6) is -2.96. The van der Waals surface area contributed by atoms with E-state index in [-0.39, 0.29) is 44.0 Å². The van der Waals surface area contributed by atoms with Crippen LogP contribution < -0.4 is 0 Å². The Morgan fingerprint density at radius 1 is 0.931 bits per heavy atom. The summed E-state index contributed by atoms with van der Waals surface area (Å²) in [4.78, 5) is 11.9. The highest BCUT2D eigenvalue weighted by molar-refractivity contribution is 5.91. The first-order valence-electron chi connectivity index (χ1n) is 8.98. The Balaban J connectivity index is 2.31. The van der Waals surface area contributed by atoms with E-state index in [4.69, 9.17) is 18.9 Å². The maximum Gasteiger partial charge on any atom is 0.338 e. The molecule has 1 rings (SSSR count). The van der Waals surface area contributed by atoms with Gasteiger partial charge in [-0.05, 0) is 12.1 Å². The largest absolute Gasteiger partial charge is 0.504 e. The average molecular weight is 418 g/mol. The van der Waals surface area contributed by atoms with Crippen LogP contribution in [0.2, 0.25) is 0 Å². The number of aliphatic hydroxyl groups is 2. The molecule has 0 amide bonds. The van der Waals surface area contributed by atoms with Crippen LogP contribution in [0.1, 0.15) is 24.2 Å². The lowest BCUT2D eigenvalue weighted by molar-refractivity contribution is -0.0621. The first-order valence-corrected chi connectivity index (χ1v) is 8.98.